The summed E-state index contributed by atoms with van der Waals surface area (Å²) < 4.78 is 25.5. The molecule has 8 nitrogen and oxygen atoms in total. The van der Waals surface area contributed by atoms with Crippen molar-refractivity contribution >= 4 is 17.6 Å². The number of carbonyl (C=O) groups is 1. The van der Waals surface area contributed by atoms with Crippen molar-refractivity contribution in [2.24, 2.45) is 7.05 Å². The molecule has 0 N–H and O–H groups in total. The lowest BCUT2D eigenvalue weighted by Gasteiger charge is -2.15. The van der Waals surface area contributed by atoms with Crippen LogP contribution in [-0.2, 0) is 16.6 Å². The Kier molecular flexibility index (Phi) is 5.03. The molecule has 0 aliphatic rings. The molecule has 0 bridgehead atoms. The molecule has 1 heterocycles. The number of halogens is 2. The van der Waals surface area contributed by atoms with E-state index in [0.29, 0.717) is 4.68 Å². The van der Waals surface area contributed by atoms with Gasteiger partial charge in [0.2, 0.25) is 0 Å². The fourth-order valence-electron chi connectivity index (χ4n) is 1.82. The maximum atomic E-state index is 14.2. The van der Waals surface area contributed by atoms with E-state index in [-0.39, 0.29) is 16.5 Å². The molecule has 1 aromatic heterocycles. The summed E-state index contributed by atoms with van der Waals surface area (Å²) in [5.41, 5.74) is -1.77. The molecule has 0 amide bonds. The molecule has 0 saturated carbocycles. The smallest absolute Gasteiger partial charge is 0.352 e. The number of ether oxygens (including phenoxy) is 2. The second-order valence-electron chi connectivity index (χ2n) is 4.75. The molecule has 2 rings (SSSR count). The number of rotatable bonds is 4. The molecule has 0 fully saturated rings. The average molecular weight is 358 g/mol. The molecule has 1 aromatic carbocycles. The second kappa shape index (κ2) is 6.83. The van der Waals surface area contributed by atoms with Crippen molar-refractivity contribution in [1.29, 1.82) is 0 Å². The quantitative estimate of drug-likeness (QED) is 0.746. The highest BCUT2D eigenvalue weighted by molar-refractivity contribution is 6.32. The van der Waals surface area contributed by atoms with Crippen molar-refractivity contribution in [2.75, 3.05) is 7.11 Å². The van der Waals surface area contributed by atoms with Crippen LogP contribution < -0.4 is 16.0 Å². The van der Waals surface area contributed by atoms with Crippen LogP contribution in [0.2, 0.25) is 5.02 Å². The standard InChI is InChI=1S/C14H13ClFN3O5/c1-7(13(21)23-3)24-11-5-10(9(16)4-8(11)15)19-14(22)18(2)12(20)6-17-19/h4-7H,1-3H3. The van der Waals surface area contributed by atoms with E-state index in [1.165, 1.54) is 21.1 Å². The first kappa shape index (κ1) is 17.7. The summed E-state index contributed by atoms with van der Waals surface area (Å²) in [6.07, 6.45) is -0.136. The van der Waals surface area contributed by atoms with Gasteiger partial charge in [-0.2, -0.15) is 9.78 Å². The maximum absolute atomic E-state index is 14.2. The fourth-order valence-corrected chi connectivity index (χ4v) is 2.02. The van der Waals surface area contributed by atoms with E-state index in [1.54, 1.807) is 0 Å². The third-order valence-corrected chi connectivity index (χ3v) is 3.44. The van der Waals surface area contributed by atoms with Crippen LogP contribution in [0, 0.1) is 5.82 Å². The zero-order valence-electron chi connectivity index (χ0n) is 12.9. The van der Waals surface area contributed by atoms with Crippen LogP contribution in [0.4, 0.5) is 4.39 Å². The van der Waals surface area contributed by atoms with E-state index in [4.69, 9.17) is 16.3 Å². The minimum Gasteiger partial charge on any atom is -0.477 e. The van der Waals surface area contributed by atoms with Crippen LogP contribution in [-0.4, -0.2) is 33.5 Å². The number of esters is 1. The summed E-state index contributed by atoms with van der Waals surface area (Å²) in [5, 5.41) is 3.50. The zero-order chi connectivity index (χ0) is 18.0. The van der Waals surface area contributed by atoms with Gasteiger partial charge in [-0.15, -0.1) is 0 Å². The summed E-state index contributed by atoms with van der Waals surface area (Å²) in [6, 6.07) is 2.02. The summed E-state index contributed by atoms with van der Waals surface area (Å²) in [6.45, 7) is 1.42. The zero-order valence-corrected chi connectivity index (χ0v) is 13.7. The summed E-state index contributed by atoms with van der Waals surface area (Å²) >= 11 is 5.90. The molecular weight excluding hydrogens is 345 g/mol. The first-order valence-corrected chi connectivity index (χ1v) is 7.03. The Labute approximate surface area is 140 Å². The van der Waals surface area contributed by atoms with Crippen LogP contribution in [0.15, 0.2) is 27.9 Å². The molecular formula is C14H13ClFN3O5. The van der Waals surface area contributed by atoms with E-state index in [1.807, 2.05) is 0 Å². The molecule has 1 unspecified atom stereocenters. The topological polar surface area (TPSA) is 92.4 Å². The Morgan fingerprint density at radius 1 is 1.38 bits per heavy atom. The lowest BCUT2D eigenvalue weighted by molar-refractivity contribution is -0.147. The first-order valence-electron chi connectivity index (χ1n) is 6.65. The van der Waals surface area contributed by atoms with Gasteiger partial charge in [0.1, 0.15) is 17.6 Å². The lowest BCUT2D eigenvalue weighted by atomic mass is 10.2. The van der Waals surface area contributed by atoms with E-state index in [0.717, 1.165) is 22.9 Å². The van der Waals surface area contributed by atoms with Crippen LogP contribution in [0.5, 0.6) is 5.75 Å². The van der Waals surface area contributed by atoms with Gasteiger partial charge in [-0.1, -0.05) is 11.6 Å². The first-order chi connectivity index (χ1) is 11.3. The van der Waals surface area contributed by atoms with Gasteiger partial charge in [0.15, 0.2) is 11.9 Å². The summed E-state index contributed by atoms with van der Waals surface area (Å²) in [5.74, 6) is -1.56. The van der Waals surface area contributed by atoms with Crippen LogP contribution in [0.3, 0.4) is 0 Å². The molecule has 0 radical (unpaired) electrons. The molecule has 1 atom stereocenters. The van der Waals surface area contributed by atoms with Crippen molar-refractivity contribution < 1.29 is 18.7 Å². The third-order valence-electron chi connectivity index (χ3n) is 3.15. The molecule has 2 aromatic rings. The minimum absolute atomic E-state index is 0.0477. The number of aromatic nitrogens is 3. The van der Waals surface area contributed by atoms with Gasteiger partial charge < -0.3 is 9.47 Å². The van der Waals surface area contributed by atoms with Gasteiger partial charge in [0, 0.05) is 13.1 Å². The second-order valence-corrected chi connectivity index (χ2v) is 5.16. The van der Waals surface area contributed by atoms with Crippen LogP contribution >= 0.6 is 11.6 Å². The van der Waals surface area contributed by atoms with Crippen molar-refractivity contribution in [1.82, 2.24) is 14.3 Å². The maximum Gasteiger partial charge on any atom is 0.352 e. The lowest BCUT2D eigenvalue weighted by Crippen LogP contribution is -2.38. The Bertz CT molecular complexity index is 908. The van der Waals surface area contributed by atoms with Crippen molar-refractivity contribution in [3.8, 4) is 11.4 Å². The van der Waals surface area contributed by atoms with E-state index >= 15 is 0 Å². The molecule has 10 heteroatoms. The Morgan fingerprint density at radius 3 is 2.67 bits per heavy atom. The normalized spacial score (nSPS) is 11.9. The number of carbonyl (C=O) groups excluding carboxylic acids is 1. The predicted molar refractivity (Wildman–Crippen MR) is 82.1 cm³/mol. The molecule has 0 aliphatic carbocycles. The van der Waals surface area contributed by atoms with Crippen LogP contribution in [0.25, 0.3) is 5.69 Å². The SMILES string of the molecule is COC(=O)C(C)Oc1cc(-n2ncc(=O)n(C)c2=O)c(F)cc1Cl. The Hall–Kier alpha value is -2.68. The van der Waals surface area contributed by atoms with Gasteiger partial charge in [-0.25, -0.2) is 14.0 Å². The number of benzene rings is 1. The molecule has 0 aliphatic heterocycles. The minimum atomic E-state index is -1.00. The van der Waals surface area contributed by atoms with E-state index in [2.05, 4.69) is 9.84 Å². The van der Waals surface area contributed by atoms with Gasteiger partial charge in [0.05, 0.1) is 12.1 Å². The van der Waals surface area contributed by atoms with Gasteiger partial charge in [0.25, 0.3) is 5.56 Å². The average Bonchev–Trinajstić information content (AvgIpc) is 2.55. The summed E-state index contributed by atoms with van der Waals surface area (Å²) in [4.78, 5) is 34.9. The molecule has 24 heavy (non-hydrogen) atoms. The fraction of sp³-hybridized carbons (Fsp3) is 0.286. The highest BCUT2D eigenvalue weighted by atomic mass is 35.5. The van der Waals surface area contributed by atoms with Crippen molar-refractivity contribution in [2.45, 2.75) is 13.0 Å². The van der Waals surface area contributed by atoms with Crippen LogP contribution in [0.1, 0.15) is 6.92 Å². The number of hydrogen-bond acceptors (Lipinski definition) is 6. The molecule has 0 spiro atoms. The molecule has 128 valence electrons. The Morgan fingerprint density at radius 2 is 2.04 bits per heavy atom. The monoisotopic (exact) mass is 357 g/mol. The Balaban J connectivity index is 2.55. The number of nitrogens with zero attached hydrogens (tertiary/aromatic N) is 3. The number of hydrogen-bond donors (Lipinski definition) is 0. The molecule has 0 saturated heterocycles. The predicted octanol–water partition coefficient (Wildman–Crippen LogP) is 0.664. The summed E-state index contributed by atoms with van der Waals surface area (Å²) in [7, 11) is 2.42. The largest absolute Gasteiger partial charge is 0.477 e. The highest BCUT2D eigenvalue weighted by Crippen LogP contribution is 2.29. The van der Waals surface area contributed by atoms with Gasteiger partial charge >= 0.3 is 11.7 Å². The van der Waals surface area contributed by atoms with Gasteiger partial charge in [-0.3, -0.25) is 9.36 Å². The van der Waals surface area contributed by atoms with E-state index < -0.39 is 29.1 Å². The number of methoxy groups -OCH3 is 1. The van der Waals surface area contributed by atoms with Crippen molar-refractivity contribution in [3.63, 3.8) is 0 Å². The van der Waals surface area contributed by atoms with E-state index in [9.17, 15) is 18.8 Å². The highest BCUT2D eigenvalue weighted by Gasteiger charge is 2.20. The third kappa shape index (κ3) is 3.30. The van der Waals surface area contributed by atoms with Crippen molar-refractivity contribution in [3.05, 3.63) is 50.0 Å². The van der Waals surface area contributed by atoms with Gasteiger partial charge in [-0.05, 0) is 13.0 Å².